The maximum Gasteiger partial charge on any atom is 0.226 e. The summed E-state index contributed by atoms with van der Waals surface area (Å²) in [6.45, 7) is 0.810. The van der Waals surface area contributed by atoms with Crippen molar-refractivity contribution in [1.29, 1.82) is 0 Å². The van der Waals surface area contributed by atoms with E-state index in [1.165, 1.54) is 0 Å². The summed E-state index contributed by atoms with van der Waals surface area (Å²) in [7, 11) is 4.03. The Morgan fingerprint density at radius 2 is 2.05 bits per heavy atom. The first-order valence-corrected chi connectivity index (χ1v) is 6.80. The van der Waals surface area contributed by atoms with Crippen LogP contribution >= 0.6 is 0 Å². The Balaban J connectivity index is 1.99. The van der Waals surface area contributed by atoms with E-state index in [2.05, 4.69) is 10.2 Å². The predicted molar refractivity (Wildman–Crippen MR) is 77.8 cm³/mol. The van der Waals surface area contributed by atoms with Crippen molar-refractivity contribution in [3.8, 4) is 0 Å². The SMILES string of the molecule is CN(C)Cc1ccccc1NC(=O)CC1(N)CCC1. The van der Waals surface area contributed by atoms with Gasteiger partial charge in [-0.2, -0.15) is 0 Å². The molecule has 104 valence electrons. The van der Waals surface area contributed by atoms with Gasteiger partial charge in [0.15, 0.2) is 0 Å². The number of nitrogens with zero attached hydrogens (tertiary/aromatic N) is 1. The van der Waals surface area contributed by atoms with Crippen molar-refractivity contribution in [1.82, 2.24) is 4.90 Å². The van der Waals surface area contributed by atoms with Crippen LogP contribution in [-0.4, -0.2) is 30.4 Å². The molecular formula is C15H23N3O. The molecule has 0 aliphatic heterocycles. The minimum Gasteiger partial charge on any atom is -0.326 e. The van der Waals surface area contributed by atoms with E-state index in [-0.39, 0.29) is 11.4 Å². The van der Waals surface area contributed by atoms with Crippen LogP contribution in [0.3, 0.4) is 0 Å². The predicted octanol–water partition coefficient (Wildman–Crippen LogP) is 1.96. The van der Waals surface area contributed by atoms with E-state index >= 15 is 0 Å². The Morgan fingerprint density at radius 3 is 2.63 bits per heavy atom. The largest absolute Gasteiger partial charge is 0.326 e. The Labute approximate surface area is 115 Å². The highest BCUT2D eigenvalue weighted by Gasteiger charge is 2.34. The third kappa shape index (κ3) is 3.78. The summed E-state index contributed by atoms with van der Waals surface area (Å²) in [4.78, 5) is 14.1. The highest BCUT2D eigenvalue weighted by Crippen LogP contribution is 2.32. The lowest BCUT2D eigenvalue weighted by Crippen LogP contribution is -2.49. The molecule has 1 aliphatic rings. The van der Waals surface area contributed by atoms with Gasteiger partial charge in [-0.1, -0.05) is 18.2 Å². The molecule has 1 aromatic rings. The van der Waals surface area contributed by atoms with E-state index in [4.69, 9.17) is 5.73 Å². The molecule has 4 nitrogen and oxygen atoms in total. The number of amides is 1. The number of hydrogen-bond donors (Lipinski definition) is 2. The number of nitrogens with one attached hydrogen (secondary N) is 1. The summed E-state index contributed by atoms with van der Waals surface area (Å²) in [5.74, 6) is 0.0217. The van der Waals surface area contributed by atoms with Crippen molar-refractivity contribution < 1.29 is 4.79 Å². The maximum absolute atomic E-state index is 12.1. The van der Waals surface area contributed by atoms with E-state index in [0.29, 0.717) is 6.42 Å². The van der Waals surface area contributed by atoms with E-state index in [0.717, 1.165) is 37.1 Å². The molecule has 1 saturated carbocycles. The number of para-hydroxylation sites is 1. The molecule has 1 aromatic carbocycles. The fourth-order valence-electron chi connectivity index (χ4n) is 2.44. The van der Waals surface area contributed by atoms with Crippen LogP contribution in [0.5, 0.6) is 0 Å². The smallest absolute Gasteiger partial charge is 0.226 e. The van der Waals surface area contributed by atoms with E-state index in [1.54, 1.807) is 0 Å². The summed E-state index contributed by atoms with van der Waals surface area (Å²) in [6.07, 6.45) is 3.48. The number of rotatable bonds is 5. The first-order valence-electron chi connectivity index (χ1n) is 6.80. The van der Waals surface area contributed by atoms with Gasteiger partial charge < -0.3 is 16.0 Å². The van der Waals surface area contributed by atoms with Gasteiger partial charge in [-0.3, -0.25) is 4.79 Å². The van der Waals surface area contributed by atoms with E-state index in [9.17, 15) is 4.79 Å². The summed E-state index contributed by atoms with van der Waals surface area (Å²) < 4.78 is 0. The minimum atomic E-state index is -0.263. The van der Waals surface area contributed by atoms with Crippen molar-refractivity contribution in [3.05, 3.63) is 29.8 Å². The minimum absolute atomic E-state index is 0.0217. The lowest BCUT2D eigenvalue weighted by atomic mass is 9.75. The molecule has 4 heteroatoms. The number of carbonyl (C=O) groups excluding carboxylic acids is 1. The second-order valence-electron chi connectivity index (χ2n) is 5.84. The lowest BCUT2D eigenvalue weighted by molar-refractivity contribution is -0.118. The molecule has 0 saturated heterocycles. The Bertz CT molecular complexity index is 452. The average molecular weight is 261 g/mol. The zero-order chi connectivity index (χ0) is 13.9. The van der Waals surface area contributed by atoms with Gasteiger partial charge in [0, 0.05) is 24.2 Å². The van der Waals surface area contributed by atoms with Crippen LogP contribution in [0.2, 0.25) is 0 Å². The van der Waals surface area contributed by atoms with Gasteiger partial charge in [0.2, 0.25) is 5.91 Å². The molecular weight excluding hydrogens is 238 g/mol. The fraction of sp³-hybridized carbons (Fsp3) is 0.533. The van der Waals surface area contributed by atoms with Crippen LogP contribution < -0.4 is 11.1 Å². The Hall–Kier alpha value is -1.39. The average Bonchev–Trinajstić information content (AvgIpc) is 2.29. The van der Waals surface area contributed by atoms with Gasteiger partial charge in [-0.25, -0.2) is 0 Å². The molecule has 0 aromatic heterocycles. The maximum atomic E-state index is 12.1. The molecule has 0 unspecified atom stereocenters. The molecule has 1 amide bonds. The first-order chi connectivity index (χ1) is 8.98. The van der Waals surface area contributed by atoms with Crippen LogP contribution in [0, 0.1) is 0 Å². The summed E-state index contributed by atoms with van der Waals surface area (Å²) in [5, 5.41) is 2.99. The number of benzene rings is 1. The van der Waals surface area contributed by atoms with Crippen LogP contribution in [0.25, 0.3) is 0 Å². The van der Waals surface area contributed by atoms with Crippen molar-refractivity contribution in [2.45, 2.75) is 37.8 Å². The second kappa shape index (κ2) is 5.72. The third-order valence-corrected chi connectivity index (χ3v) is 3.64. The number of carbonyl (C=O) groups is 1. The zero-order valence-electron chi connectivity index (χ0n) is 11.8. The van der Waals surface area contributed by atoms with Gasteiger partial charge in [0.25, 0.3) is 0 Å². The van der Waals surface area contributed by atoms with Gasteiger partial charge in [0.05, 0.1) is 0 Å². The first kappa shape index (κ1) is 14.0. The van der Waals surface area contributed by atoms with Crippen LogP contribution in [-0.2, 0) is 11.3 Å². The van der Waals surface area contributed by atoms with Crippen LogP contribution in [0.4, 0.5) is 5.69 Å². The summed E-state index contributed by atoms with van der Waals surface area (Å²) >= 11 is 0. The number of hydrogen-bond acceptors (Lipinski definition) is 3. The van der Waals surface area contributed by atoms with Gasteiger partial charge in [0.1, 0.15) is 0 Å². The zero-order valence-corrected chi connectivity index (χ0v) is 11.8. The normalized spacial score (nSPS) is 17.1. The monoisotopic (exact) mass is 261 g/mol. The molecule has 0 atom stereocenters. The Morgan fingerprint density at radius 1 is 1.37 bits per heavy atom. The lowest BCUT2D eigenvalue weighted by Gasteiger charge is -2.37. The topological polar surface area (TPSA) is 58.4 Å². The number of nitrogens with two attached hydrogens (primary N) is 1. The quantitative estimate of drug-likeness (QED) is 0.852. The van der Waals surface area contributed by atoms with Gasteiger partial charge in [-0.15, -0.1) is 0 Å². The van der Waals surface area contributed by atoms with Crippen molar-refractivity contribution >= 4 is 11.6 Å². The summed E-state index contributed by atoms with van der Waals surface area (Å²) in [5.41, 5.74) is 7.86. The van der Waals surface area contributed by atoms with Gasteiger partial charge >= 0.3 is 0 Å². The second-order valence-corrected chi connectivity index (χ2v) is 5.84. The van der Waals surface area contributed by atoms with Crippen LogP contribution in [0.15, 0.2) is 24.3 Å². The van der Waals surface area contributed by atoms with Gasteiger partial charge in [-0.05, 0) is 45.0 Å². The summed E-state index contributed by atoms with van der Waals surface area (Å²) in [6, 6.07) is 7.92. The molecule has 1 aliphatic carbocycles. The van der Waals surface area contributed by atoms with Crippen molar-refractivity contribution in [3.63, 3.8) is 0 Å². The molecule has 19 heavy (non-hydrogen) atoms. The molecule has 0 spiro atoms. The highest BCUT2D eigenvalue weighted by molar-refractivity contribution is 5.92. The van der Waals surface area contributed by atoms with Crippen molar-refractivity contribution in [2.75, 3.05) is 19.4 Å². The number of anilines is 1. The standard InChI is InChI=1S/C15H23N3O/c1-18(2)11-12-6-3-4-7-13(12)17-14(19)10-15(16)8-5-9-15/h3-4,6-7H,5,8-11,16H2,1-2H3,(H,17,19). The molecule has 1 fully saturated rings. The Kier molecular flexibility index (Phi) is 4.22. The van der Waals surface area contributed by atoms with Crippen LogP contribution in [0.1, 0.15) is 31.2 Å². The molecule has 0 heterocycles. The third-order valence-electron chi connectivity index (χ3n) is 3.64. The van der Waals surface area contributed by atoms with E-state index < -0.39 is 0 Å². The van der Waals surface area contributed by atoms with E-state index in [1.807, 2.05) is 38.4 Å². The fourth-order valence-corrected chi connectivity index (χ4v) is 2.44. The molecule has 0 radical (unpaired) electrons. The van der Waals surface area contributed by atoms with Crippen molar-refractivity contribution in [2.24, 2.45) is 5.73 Å². The highest BCUT2D eigenvalue weighted by atomic mass is 16.1. The molecule has 3 N–H and O–H groups in total. The molecule has 0 bridgehead atoms. The molecule has 2 rings (SSSR count).